The molecule has 0 spiro atoms. The van der Waals surface area contributed by atoms with Crippen molar-refractivity contribution in [2.75, 3.05) is 6.26 Å². The van der Waals surface area contributed by atoms with Crippen LogP contribution in [-0.2, 0) is 9.84 Å². The molecule has 0 bridgehead atoms. The SMILES string of the molecule is CS(=O)(=O)c1ccnc(C2CC2(F)F)n1. The Kier molecular flexibility index (Phi) is 2.04. The first kappa shape index (κ1) is 10.4. The second-order valence-electron chi connectivity index (χ2n) is 3.54. The molecule has 0 saturated heterocycles. The zero-order chi connectivity index (χ0) is 11.3. The number of rotatable bonds is 2. The van der Waals surface area contributed by atoms with E-state index in [9.17, 15) is 17.2 Å². The van der Waals surface area contributed by atoms with Crippen molar-refractivity contribution < 1.29 is 17.2 Å². The van der Waals surface area contributed by atoms with E-state index in [1.54, 1.807) is 0 Å². The van der Waals surface area contributed by atoms with Crippen LogP contribution in [0.15, 0.2) is 17.3 Å². The molecule has 0 aliphatic heterocycles. The number of aromatic nitrogens is 2. The largest absolute Gasteiger partial charge is 0.259 e. The van der Waals surface area contributed by atoms with Crippen LogP contribution in [0.25, 0.3) is 0 Å². The maximum Gasteiger partial charge on any atom is 0.259 e. The first-order chi connectivity index (χ1) is 6.81. The highest BCUT2D eigenvalue weighted by atomic mass is 32.2. The monoisotopic (exact) mass is 234 g/mol. The van der Waals surface area contributed by atoms with Gasteiger partial charge in [-0.15, -0.1) is 0 Å². The van der Waals surface area contributed by atoms with Gasteiger partial charge in [-0.25, -0.2) is 27.2 Å². The molecule has 82 valence electrons. The molecular formula is C8H8F2N2O2S. The summed E-state index contributed by atoms with van der Waals surface area (Å²) in [6.45, 7) is 0. The van der Waals surface area contributed by atoms with Crippen molar-refractivity contribution in [3.8, 4) is 0 Å². The van der Waals surface area contributed by atoms with E-state index in [0.717, 1.165) is 6.26 Å². The molecule has 1 aliphatic rings. The first-order valence-corrected chi connectivity index (χ1v) is 6.11. The van der Waals surface area contributed by atoms with Gasteiger partial charge < -0.3 is 0 Å². The van der Waals surface area contributed by atoms with Crippen LogP contribution < -0.4 is 0 Å². The van der Waals surface area contributed by atoms with Gasteiger partial charge in [-0.3, -0.25) is 0 Å². The van der Waals surface area contributed by atoms with E-state index < -0.39 is 21.7 Å². The van der Waals surface area contributed by atoms with Crippen LogP contribution in [0.3, 0.4) is 0 Å². The first-order valence-electron chi connectivity index (χ1n) is 4.21. The lowest BCUT2D eigenvalue weighted by Gasteiger charge is -2.00. The molecule has 0 radical (unpaired) electrons. The Labute approximate surface area is 85.3 Å². The molecule has 0 N–H and O–H groups in total. The van der Waals surface area contributed by atoms with E-state index in [2.05, 4.69) is 9.97 Å². The highest BCUT2D eigenvalue weighted by molar-refractivity contribution is 7.90. The summed E-state index contributed by atoms with van der Waals surface area (Å²) < 4.78 is 47.6. The number of halogens is 2. The quantitative estimate of drug-likeness (QED) is 0.716. The minimum Gasteiger partial charge on any atom is -0.241 e. The Balaban J connectivity index is 2.37. The number of sulfone groups is 1. The van der Waals surface area contributed by atoms with Crippen LogP contribution in [0.2, 0.25) is 0 Å². The lowest BCUT2D eigenvalue weighted by atomic mass is 10.4. The van der Waals surface area contributed by atoms with Crippen molar-refractivity contribution in [1.29, 1.82) is 0 Å². The second-order valence-corrected chi connectivity index (χ2v) is 5.51. The van der Waals surface area contributed by atoms with Crippen LogP contribution in [0.5, 0.6) is 0 Å². The Morgan fingerprint density at radius 3 is 2.60 bits per heavy atom. The number of hydrogen-bond donors (Lipinski definition) is 0. The molecule has 15 heavy (non-hydrogen) atoms. The molecule has 1 aromatic heterocycles. The van der Waals surface area contributed by atoms with Gasteiger partial charge in [0.2, 0.25) is 0 Å². The second kappa shape index (κ2) is 2.94. The molecule has 1 heterocycles. The topological polar surface area (TPSA) is 59.9 Å². The fourth-order valence-corrected chi connectivity index (χ4v) is 1.79. The van der Waals surface area contributed by atoms with E-state index in [-0.39, 0.29) is 17.3 Å². The van der Waals surface area contributed by atoms with Crippen LogP contribution in [0.4, 0.5) is 8.78 Å². The molecule has 1 fully saturated rings. The van der Waals surface area contributed by atoms with Gasteiger partial charge in [-0.1, -0.05) is 0 Å². The molecule has 4 nitrogen and oxygen atoms in total. The van der Waals surface area contributed by atoms with Gasteiger partial charge in [-0.05, 0) is 6.07 Å². The lowest BCUT2D eigenvalue weighted by Crippen LogP contribution is -2.05. The minimum absolute atomic E-state index is 0.0945. The fourth-order valence-electron chi connectivity index (χ4n) is 1.22. The van der Waals surface area contributed by atoms with Gasteiger partial charge in [0, 0.05) is 18.9 Å². The fraction of sp³-hybridized carbons (Fsp3) is 0.500. The Morgan fingerprint density at radius 1 is 1.53 bits per heavy atom. The van der Waals surface area contributed by atoms with Gasteiger partial charge in [0.05, 0.1) is 5.92 Å². The molecule has 0 aromatic carbocycles. The van der Waals surface area contributed by atoms with Gasteiger partial charge in [0.25, 0.3) is 5.92 Å². The molecular weight excluding hydrogens is 226 g/mol. The summed E-state index contributed by atoms with van der Waals surface area (Å²) in [6.07, 6.45) is 1.86. The van der Waals surface area contributed by atoms with Crippen LogP contribution in [0.1, 0.15) is 18.2 Å². The average Bonchev–Trinajstić information content (AvgIpc) is 2.74. The molecule has 1 atom stereocenters. The summed E-state index contributed by atoms with van der Waals surface area (Å²) in [4.78, 5) is 7.28. The van der Waals surface area contributed by atoms with Gasteiger partial charge in [-0.2, -0.15) is 0 Å². The average molecular weight is 234 g/mol. The highest BCUT2D eigenvalue weighted by Crippen LogP contribution is 2.54. The summed E-state index contributed by atoms with van der Waals surface area (Å²) >= 11 is 0. The smallest absolute Gasteiger partial charge is 0.241 e. The molecule has 1 aromatic rings. The van der Waals surface area contributed by atoms with E-state index in [4.69, 9.17) is 0 Å². The van der Waals surface area contributed by atoms with Gasteiger partial charge >= 0.3 is 0 Å². The number of nitrogens with zero attached hydrogens (tertiary/aromatic N) is 2. The van der Waals surface area contributed by atoms with Crippen molar-refractivity contribution in [3.05, 3.63) is 18.1 Å². The van der Waals surface area contributed by atoms with E-state index in [1.165, 1.54) is 12.3 Å². The summed E-state index contributed by atoms with van der Waals surface area (Å²) in [5.74, 6) is -3.90. The van der Waals surface area contributed by atoms with Crippen LogP contribution in [-0.4, -0.2) is 30.6 Å². The normalized spacial score (nSPS) is 23.8. The lowest BCUT2D eigenvalue weighted by molar-refractivity contribution is 0.110. The van der Waals surface area contributed by atoms with Gasteiger partial charge in [0.15, 0.2) is 14.9 Å². The third-order valence-electron chi connectivity index (χ3n) is 2.17. The predicted octanol–water partition coefficient (Wildman–Crippen LogP) is 1.00. The number of alkyl halides is 2. The molecule has 7 heteroatoms. The molecule has 0 amide bonds. The molecule has 1 saturated carbocycles. The predicted molar refractivity (Wildman–Crippen MR) is 47.4 cm³/mol. The molecule has 1 aliphatic carbocycles. The van der Waals surface area contributed by atoms with Crippen molar-refractivity contribution in [2.24, 2.45) is 0 Å². The zero-order valence-electron chi connectivity index (χ0n) is 7.81. The Morgan fingerprint density at radius 2 is 2.13 bits per heavy atom. The third-order valence-corrected chi connectivity index (χ3v) is 3.15. The Bertz CT molecular complexity index is 501. The zero-order valence-corrected chi connectivity index (χ0v) is 8.63. The van der Waals surface area contributed by atoms with Crippen molar-refractivity contribution >= 4 is 9.84 Å². The van der Waals surface area contributed by atoms with E-state index in [0.29, 0.717) is 0 Å². The van der Waals surface area contributed by atoms with E-state index >= 15 is 0 Å². The minimum atomic E-state index is -3.46. The maximum absolute atomic E-state index is 12.7. The standard InChI is InChI=1S/C8H8F2N2O2S/c1-15(13,14)6-2-3-11-7(12-6)5-4-8(5,9)10/h2-3,5H,4H2,1H3. The summed E-state index contributed by atoms with van der Waals surface area (Å²) in [5.41, 5.74) is 0. The molecule has 1 unspecified atom stereocenters. The van der Waals surface area contributed by atoms with Gasteiger partial charge in [0.1, 0.15) is 5.82 Å². The van der Waals surface area contributed by atoms with Crippen molar-refractivity contribution in [1.82, 2.24) is 9.97 Å². The van der Waals surface area contributed by atoms with E-state index in [1.807, 2.05) is 0 Å². The molecule has 2 rings (SSSR count). The third kappa shape index (κ3) is 1.97. The highest BCUT2D eigenvalue weighted by Gasteiger charge is 2.59. The van der Waals surface area contributed by atoms with Crippen molar-refractivity contribution in [3.63, 3.8) is 0 Å². The summed E-state index contributed by atoms with van der Waals surface area (Å²) in [5, 5.41) is -0.213. The summed E-state index contributed by atoms with van der Waals surface area (Å²) in [7, 11) is -3.46. The Hall–Kier alpha value is -1.11. The summed E-state index contributed by atoms with van der Waals surface area (Å²) in [6, 6.07) is 1.19. The van der Waals surface area contributed by atoms with Crippen molar-refractivity contribution in [2.45, 2.75) is 23.3 Å². The maximum atomic E-state index is 12.7. The van der Waals surface area contributed by atoms with Crippen LogP contribution >= 0.6 is 0 Å². The number of hydrogen-bond acceptors (Lipinski definition) is 4. The van der Waals surface area contributed by atoms with Crippen LogP contribution in [0, 0.1) is 0 Å².